The van der Waals surface area contributed by atoms with E-state index >= 15 is 0 Å². The van der Waals surface area contributed by atoms with Gasteiger partial charge in [0, 0.05) is 24.3 Å². The van der Waals surface area contributed by atoms with E-state index in [-0.39, 0.29) is 5.54 Å². The van der Waals surface area contributed by atoms with E-state index in [1.54, 1.807) is 6.20 Å². The fourth-order valence-corrected chi connectivity index (χ4v) is 6.01. The zero-order valence-corrected chi connectivity index (χ0v) is 20.1. The predicted molar refractivity (Wildman–Crippen MR) is 132 cm³/mol. The lowest BCUT2D eigenvalue weighted by atomic mass is 9.79. The summed E-state index contributed by atoms with van der Waals surface area (Å²) in [5.41, 5.74) is 4.43. The van der Waals surface area contributed by atoms with Gasteiger partial charge in [-0.1, -0.05) is 19.3 Å². The van der Waals surface area contributed by atoms with Crippen molar-refractivity contribution >= 4 is 44.3 Å². The molecule has 1 spiro atoms. The first-order valence-electron chi connectivity index (χ1n) is 11.8. The Morgan fingerprint density at radius 3 is 2.66 bits per heavy atom. The van der Waals surface area contributed by atoms with Gasteiger partial charge in [-0.2, -0.15) is 4.98 Å². The van der Waals surface area contributed by atoms with Gasteiger partial charge in [-0.15, -0.1) is 0 Å². The minimum Gasteiger partial charge on any atom is -0.324 e. The highest BCUT2D eigenvalue weighted by Gasteiger charge is 2.48. The lowest BCUT2D eigenvalue weighted by Crippen LogP contribution is -2.61. The zero-order valence-electron chi connectivity index (χ0n) is 19.3. The number of aromatic nitrogens is 3. The number of nitrogens with one attached hydrogen (secondary N) is 2. The second kappa shape index (κ2) is 7.89. The molecule has 184 valence electrons. The number of halogens is 1. The van der Waals surface area contributed by atoms with Crippen molar-refractivity contribution in [3.63, 3.8) is 0 Å². The normalized spacial score (nSPS) is 20.8. The number of rotatable bonds is 4. The summed E-state index contributed by atoms with van der Waals surface area (Å²) in [6, 6.07) is 6.18. The summed E-state index contributed by atoms with van der Waals surface area (Å²) < 4.78 is 39.7. The highest BCUT2D eigenvalue weighted by molar-refractivity contribution is 7.89. The van der Waals surface area contributed by atoms with Crippen molar-refractivity contribution in [2.24, 2.45) is 10.1 Å². The molecule has 0 unspecified atom stereocenters. The summed E-state index contributed by atoms with van der Waals surface area (Å²) in [7, 11) is -2.31. The largest absolute Gasteiger partial charge is 0.324 e. The number of hydrogen-bond acceptors (Lipinski definition) is 7. The van der Waals surface area contributed by atoms with Crippen LogP contribution in [-0.4, -0.2) is 41.9 Å². The van der Waals surface area contributed by atoms with Crippen LogP contribution in [0.2, 0.25) is 0 Å². The first kappa shape index (κ1) is 22.2. The van der Waals surface area contributed by atoms with Gasteiger partial charge in [-0.05, 0) is 49.9 Å². The van der Waals surface area contributed by atoms with E-state index in [9.17, 15) is 12.8 Å². The molecule has 2 aromatic heterocycles. The Labute approximate surface area is 202 Å². The average molecular weight is 499 g/mol. The molecule has 2 aliphatic carbocycles. The van der Waals surface area contributed by atoms with Crippen molar-refractivity contribution in [1.29, 1.82) is 0 Å². The van der Waals surface area contributed by atoms with Crippen LogP contribution in [0.3, 0.4) is 0 Å². The number of hydrogen-bond donors (Lipinski definition) is 3. The molecular weight excluding hydrogens is 471 g/mol. The standard InChI is InChI=1S/C23H27FN8O2S/c1-26-21-23(9-3-2-4-10-23)31-19(32(30-21)16-6-7-16)11-14-13-27-22(29-20(14)31)28-15-5-8-18(17(24)12-15)35(25,33)34/h5,8,11-13,16H,2-4,6-7,9-10H2,1H3,(H,26,30)(H2,25,33,34)(H,27,28,29). The van der Waals surface area contributed by atoms with E-state index in [4.69, 9.17) is 10.1 Å². The molecule has 4 N–H and O–H groups in total. The molecule has 35 heavy (non-hydrogen) atoms. The quantitative estimate of drug-likeness (QED) is 0.504. The van der Waals surface area contributed by atoms with Crippen LogP contribution in [0.25, 0.3) is 11.0 Å². The summed E-state index contributed by atoms with van der Waals surface area (Å²) in [5, 5.41) is 11.2. The summed E-state index contributed by atoms with van der Waals surface area (Å²) in [4.78, 5) is 13.4. The van der Waals surface area contributed by atoms with E-state index in [1.165, 1.54) is 12.5 Å². The Kier molecular flexibility index (Phi) is 5.01. The van der Waals surface area contributed by atoms with Crippen molar-refractivity contribution in [3.05, 3.63) is 36.3 Å². The molecule has 0 radical (unpaired) electrons. The first-order chi connectivity index (χ1) is 16.8. The van der Waals surface area contributed by atoms with Gasteiger partial charge in [0.05, 0.1) is 6.04 Å². The van der Waals surface area contributed by atoms with Crippen molar-refractivity contribution in [1.82, 2.24) is 20.0 Å². The topological polar surface area (TPSA) is 131 Å². The minimum atomic E-state index is -4.14. The number of hydrazine groups is 1. The fraction of sp³-hybridized carbons (Fsp3) is 0.435. The highest BCUT2D eigenvalue weighted by atomic mass is 32.2. The van der Waals surface area contributed by atoms with E-state index in [2.05, 4.69) is 36.4 Å². The van der Waals surface area contributed by atoms with Gasteiger partial charge in [0.15, 0.2) is 0 Å². The number of benzene rings is 1. The molecule has 0 amide bonds. The summed E-state index contributed by atoms with van der Waals surface area (Å²) in [6.45, 7) is 0. The van der Waals surface area contributed by atoms with Crippen molar-refractivity contribution < 1.29 is 12.8 Å². The molecule has 1 aliphatic heterocycles. The average Bonchev–Trinajstić information content (AvgIpc) is 3.59. The summed E-state index contributed by atoms with van der Waals surface area (Å²) in [6.07, 6.45) is 9.35. The molecule has 6 rings (SSSR count). The van der Waals surface area contributed by atoms with Gasteiger partial charge >= 0.3 is 0 Å². The van der Waals surface area contributed by atoms with Crippen LogP contribution in [0.1, 0.15) is 44.9 Å². The van der Waals surface area contributed by atoms with Crippen molar-refractivity contribution in [3.8, 4) is 0 Å². The molecule has 10 nitrogen and oxygen atoms in total. The first-order valence-corrected chi connectivity index (χ1v) is 13.4. The molecule has 3 aliphatic rings. The molecule has 3 aromatic rings. The number of aliphatic imine (C=N–C) groups is 1. The highest BCUT2D eigenvalue weighted by Crippen LogP contribution is 2.46. The molecule has 0 bridgehead atoms. The van der Waals surface area contributed by atoms with E-state index in [1.807, 2.05) is 7.05 Å². The molecule has 12 heteroatoms. The van der Waals surface area contributed by atoms with Gasteiger partial charge in [-0.3, -0.25) is 20.0 Å². The monoisotopic (exact) mass is 498 g/mol. The maximum Gasteiger partial charge on any atom is 0.240 e. The smallest absolute Gasteiger partial charge is 0.240 e. The summed E-state index contributed by atoms with van der Waals surface area (Å²) in [5.74, 6) is 1.38. The third-order valence-corrected chi connectivity index (χ3v) is 8.12. The molecule has 2 fully saturated rings. The van der Waals surface area contributed by atoms with Crippen LogP contribution < -0.4 is 20.9 Å². The Balaban J connectivity index is 1.45. The van der Waals surface area contributed by atoms with E-state index in [0.717, 1.165) is 73.3 Å². The number of fused-ring (bicyclic) bond motifs is 4. The Morgan fingerprint density at radius 2 is 2.00 bits per heavy atom. The van der Waals surface area contributed by atoms with Gasteiger partial charge in [0.1, 0.15) is 33.6 Å². The van der Waals surface area contributed by atoms with Crippen LogP contribution in [0.4, 0.5) is 21.8 Å². The SMILES string of the molecule is CN=C1NN(C2CC2)c2cc3cnc(Nc4ccc(S(N)(=O)=O)c(F)c4)nc3n2C12CCCCC2. The molecule has 0 atom stereocenters. The number of anilines is 3. The number of nitrogens with two attached hydrogens (primary N) is 1. The number of nitrogens with zero attached hydrogens (tertiary/aromatic N) is 5. The van der Waals surface area contributed by atoms with E-state index < -0.39 is 20.7 Å². The van der Waals surface area contributed by atoms with Gasteiger partial charge in [0.25, 0.3) is 0 Å². The number of amidine groups is 1. The van der Waals surface area contributed by atoms with Gasteiger partial charge in [-0.25, -0.2) is 22.9 Å². The van der Waals surface area contributed by atoms with Crippen LogP contribution in [0, 0.1) is 5.82 Å². The van der Waals surface area contributed by atoms with Crippen LogP contribution in [0.15, 0.2) is 40.4 Å². The van der Waals surface area contributed by atoms with Crippen molar-refractivity contribution in [2.75, 3.05) is 17.4 Å². The van der Waals surface area contributed by atoms with Gasteiger partial charge < -0.3 is 5.32 Å². The maximum absolute atomic E-state index is 14.4. The van der Waals surface area contributed by atoms with Crippen LogP contribution in [0.5, 0.6) is 0 Å². The maximum atomic E-state index is 14.4. The Morgan fingerprint density at radius 1 is 1.23 bits per heavy atom. The second-order valence-electron chi connectivity index (χ2n) is 9.50. The molecule has 2 saturated carbocycles. The molecule has 1 aromatic carbocycles. The lowest BCUT2D eigenvalue weighted by Gasteiger charge is -2.48. The predicted octanol–water partition coefficient (Wildman–Crippen LogP) is 3.14. The molecule has 0 saturated heterocycles. The zero-order chi connectivity index (χ0) is 24.4. The van der Waals surface area contributed by atoms with Crippen molar-refractivity contribution in [2.45, 2.75) is 61.4 Å². The number of sulfonamides is 1. The third-order valence-electron chi connectivity index (χ3n) is 7.17. The van der Waals surface area contributed by atoms with Gasteiger partial charge in [0.2, 0.25) is 16.0 Å². The Bertz CT molecular complexity index is 1460. The van der Waals surface area contributed by atoms with Crippen LogP contribution >= 0.6 is 0 Å². The number of primary sulfonamides is 1. The molecular formula is C23H27FN8O2S. The fourth-order valence-electron chi connectivity index (χ4n) is 5.42. The third kappa shape index (κ3) is 3.62. The lowest BCUT2D eigenvalue weighted by molar-refractivity contribution is 0.269. The second-order valence-corrected chi connectivity index (χ2v) is 11.0. The summed E-state index contributed by atoms with van der Waals surface area (Å²) >= 11 is 0. The van der Waals surface area contributed by atoms with Crippen LogP contribution in [-0.2, 0) is 15.6 Å². The minimum absolute atomic E-state index is 0.290. The molecule has 3 heterocycles. The Hall–Kier alpha value is -3.25. The van der Waals surface area contributed by atoms with E-state index in [0.29, 0.717) is 17.7 Å².